The SMILES string of the molecule is CCNC(=O)Nc1cccc([C@H]2O[C@@H](CN3CC4(C)CC3CC(C)(C)C4)[C@@H](C)[C@@H](c3ccc(CO)cc3)O2)c1. The summed E-state index contributed by atoms with van der Waals surface area (Å²) in [4.78, 5) is 14.8. The largest absolute Gasteiger partial charge is 0.392 e. The summed E-state index contributed by atoms with van der Waals surface area (Å²) in [6, 6.07) is 16.1. The van der Waals surface area contributed by atoms with E-state index < -0.39 is 6.29 Å². The van der Waals surface area contributed by atoms with Gasteiger partial charge >= 0.3 is 6.03 Å². The summed E-state index contributed by atoms with van der Waals surface area (Å²) in [5.41, 5.74) is 4.28. The maximum Gasteiger partial charge on any atom is 0.319 e. The van der Waals surface area contributed by atoms with E-state index in [9.17, 15) is 9.90 Å². The second-order valence-corrected chi connectivity index (χ2v) is 13.1. The van der Waals surface area contributed by atoms with Crippen molar-refractivity contribution in [2.75, 3.05) is 25.0 Å². The molecule has 212 valence electrons. The van der Waals surface area contributed by atoms with E-state index in [2.05, 4.69) is 55.4 Å². The average molecular weight is 536 g/mol. The Labute approximate surface area is 233 Å². The van der Waals surface area contributed by atoms with E-state index in [1.165, 1.54) is 19.3 Å². The Morgan fingerprint density at radius 3 is 2.56 bits per heavy atom. The van der Waals surface area contributed by atoms with E-state index in [4.69, 9.17) is 9.47 Å². The average Bonchev–Trinajstić information content (AvgIpc) is 3.12. The molecule has 0 spiro atoms. The molecule has 2 bridgehead atoms. The zero-order chi connectivity index (χ0) is 27.8. The van der Waals surface area contributed by atoms with Crippen molar-refractivity contribution in [1.29, 1.82) is 0 Å². The highest BCUT2D eigenvalue weighted by molar-refractivity contribution is 5.89. The highest BCUT2D eigenvalue weighted by atomic mass is 16.7. The molecular weight excluding hydrogens is 490 g/mol. The van der Waals surface area contributed by atoms with Crippen LogP contribution in [0.25, 0.3) is 0 Å². The fourth-order valence-corrected chi connectivity index (χ4v) is 7.45. The van der Waals surface area contributed by atoms with Gasteiger partial charge in [-0.15, -0.1) is 0 Å². The number of urea groups is 1. The lowest BCUT2D eigenvalue weighted by molar-refractivity contribution is -0.276. The van der Waals surface area contributed by atoms with E-state index in [1.54, 1.807) is 0 Å². The van der Waals surface area contributed by atoms with Crippen molar-refractivity contribution in [3.8, 4) is 0 Å². The summed E-state index contributed by atoms with van der Waals surface area (Å²) in [6.45, 7) is 14.0. The van der Waals surface area contributed by atoms with Crippen LogP contribution in [0.5, 0.6) is 0 Å². The molecule has 0 radical (unpaired) electrons. The van der Waals surface area contributed by atoms with E-state index in [0.29, 0.717) is 29.1 Å². The maximum absolute atomic E-state index is 12.1. The molecule has 2 unspecified atom stereocenters. The molecule has 2 amide bonds. The summed E-state index contributed by atoms with van der Waals surface area (Å²) in [5, 5.41) is 15.2. The van der Waals surface area contributed by atoms with Crippen LogP contribution in [0.4, 0.5) is 10.5 Å². The maximum atomic E-state index is 12.1. The zero-order valence-corrected chi connectivity index (χ0v) is 24.1. The number of aliphatic hydroxyl groups is 1. The fraction of sp³-hybridized carbons (Fsp3) is 0.594. The highest BCUT2D eigenvalue weighted by Gasteiger charge is 2.51. The quantitative estimate of drug-likeness (QED) is 0.404. The van der Waals surface area contributed by atoms with Gasteiger partial charge in [-0.1, -0.05) is 64.1 Å². The van der Waals surface area contributed by atoms with Crippen molar-refractivity contribution in [3.05, 3.63) is 65.2 Å². The lowest BCUT2D eigenvalue weighted by Crippen LogP contribution is -2.46. The number of hydrogen-bond acceptors (Lipinski definition) is 5. The first-order valence-corrected chi connectivity index (χ1v) is 14.5. The van der Waals surface area contributed by atoms with Gasteiger partial charge in [0.2, 0.25) is 0 Å². The topological polar surface area (TPSA) is 83.1 Å². The molecule has 7 heteroatoms. The number of aliphatic hydroxyl groups excluding tert-OH is 1. The number of hydrogen-bond donors (Lipinski definition) is 3. The predicted molar refractivity (Wildman–Crippen MR) is 153 cm³/mol. The summed E-state index contributed by atoms with van der Waals surface area (Å²) >= 11 is 0. The second kappa shape index (κ2) is 11.2. The first-order valence-electron chi connectivity index (χ1n) is 14.5. The van der Waals surface area contributed by atoms with Crippen LogP contribution in [0.15, 0.2) is 48.5 Å². The number of fused-ring (bicyclic) bond motifs is 2. The van der Waals surface area contributed by atoms with Gasteiger partial charge in [0, 0.05) is 42.8 Å². The number of carbonyl (C=O) groups is 1. The molecule has 1 saturated carbocycles. The number of likely N-dealkylation sites (tertiary alicyclic amines) is 1. The Hall–Kier alpha value is -2.45. The Bertz CT molecular complexity index is 1150. The van der Waals surface area contributed by atoms with Crippen LogP contribution in [0, 0.1) is 16.7 Å². The molecule has 7 nitrogen and oxygen atoms in total. The zero-order valence-electron chi connectivity index (χ0n) is 24.1. The summed E-state index contributed by atoms with van der Waals surface area (Å²) in [5.74, 6) is 0.138. The van der Waals surface area contributed by atoms with Gasteiger partial charge in [-0.05, 0) is 60.3 Å². The third-order valence-corrected chi connectivity index (χ3v) is 8.82. The van der Waals surface area contributed by atoms with Crippen molar-refractivity contribution in [2.45, 2.75) is 85.0 Å². The van der Waals surface area contributed by atoms with Crippen LogP contribution in [0.1, 0.15) is 83.0 Å². The molecule has 2 aliphatic heterocycles. The minimum absolute atomic E-state index is 0.0164. The van der Waals surface area contributed by atoms with Crippen LogP contribution >= 0.6 is 0 Å². The molecule has 3 N–H and O–H groups in total. The molecule has 3 aliphatic rings. The minimum atomic E-state index is -0.557. The molecule has 2 aromatic rings. The Morgan fingerprint density at radius 2 is 1.85 bits per heavy atom. The van der Waals surface area contributed by atoms with E-state index in [1.807, 2.05) is 43.3 Å². The third-order valence-electron chi connectivity index (χ3n) is 8.82. The van der Waals surface area contributed by atoms with Gasteiger partial charge < -0.3 is 25.2 Å². The Morgan fingerprint density at radius 1 is 1.08 bits per heavy atom. The Kier molecular flexibility index (Phi) is 8.07. The molecule has 0 aromatic heterocycles. The lowest BCUT2D eigenvalue weighted by Gasteiger charge is -2.43. The number of benzene rings is 2. The summed E-state index contributed by atoms with van der Waals surface area (Å²) < 4.78 is 13.4. The van der Waals surface area contributed by atoms with Crippen LogP contribution in [-0.2, 0) is 16.1 Å². The van der Waals surface area contributed by atoms with Crippen LogP contribution < -0.4 is 10.6 Å². The van der Waals surface area contributed by atoms with E-state index in [-0.39, 0.29) is 30.8 Å². The number of anilines is 1. The van der Waals surface area contributed by atoms with E-state index in [0.717, 1.165) is 29.8 Å². The van der Waals surface area contributed by atoms with Crippen LogP contribution in [0.2, 0.25) is 0 Å². The monoisotopic (exact) mass is 535 g/mol. The number of nitrogens with one attached hydrogen (secondary N) is 2. The smallest absolute Gasteiger partial charge is 0.319 e. The predicted octanol–water partition coefficient (Wildman–Crippen LogP) is 6.01. The van der Waals surface area contributed by atoms with Crippen molar-refractivity contribution >= 4 is 11.7 Å². The van der Waals surface area contributed by atoms with Crippen LogP contribution in [-0.4, -0.2) is 47.8 Å². The van der Waals surface area contributed by atoms with Gasteiger partial charge in [0.15, 0.2) is 6.29 Å². The molecule has 6 atom stereocenters. The van der Waals surface area contributed by atoms with Crippen molar-refractivity contribution in [2.24, 2.45) is 16.7 Å². The van der Waals surface area contributed by atoms with Crippen molar-refractivity contribution in [3.63, 3.8) is 0 Å². The van der Waals surface area contributed by atoms with Crippen molar-refractivity contribution in [1.82, 2.24) is 10.2 Å². The van der Waals surface area contributed by atoms with E-state index >= 15 is 0 Å². The highest BCUT2D eigenvalue weighted by Crippen LogP contribution is 2.53. The van der Waals surface area contributed by atoms with Crippen molar-refractivity contribution < 1.29 is 19.4 Å². The first kappa shape index (κ1) is 28.1. The van der Waals surface area contributed by atoms with Crippen LogP contribution in [0.3, 0.4) is 0 Å². The third kappa shape index (κ3) is 6.32. The van der Waals surface area contributed by atoms with Gasteiger partial charge in [0.05, 0.1) is 18.8 Å². The molecular formula is C32H45N3O4. The molecule has 5 rings (SSSR count). The van der Waals surface area contributed by atoms with Gasteiger partial charge in [0.1, 0.15) is 0 Å². The number of rotatable bonds is 7. The lowest BCUT2D eigenvalue weighted by atomic mass is 9.65. The fourth-order valence-electron chi connectivity index (χ4n) is 7.45. The standard InChI is InChI=1S/C32H45N3O4/c1-6-33-30(37)34-25-9-7-8-24(14-25)29-38-27(17-35-20-32(5)16-26(35)15-31(3,4)19-32)21(2)28(39-29)23-12-10-22(18-36)11-13-23/h7-14,21,26-29,36H,6,15-20H2,1-5H3,(H2,33,34,37)/t21-,26?,27+,28+,29+,32?/m1/s1. The molecule has 2 aromatic carbocycles. The molecule has 2 heterocycles. The Balaban J connectivity index is 1.40. The molecule has 39 heavy (non-hydrogen) atoms. The number of ether oxygens (including phenoxy) is 2. The first-order chi connectivity index (χ1) is 18.6. The molecule has 2 saturated heterocycles. The number of carbonyl (C=O) groups excluding carboxylic acids is 1. The van der Waals surface area contributed by atoms with Gasteiger partial charge in [-0.2, -0.15) is 0 Å². The normalized spacial score (nSPS) is 32.1. The van der Waals surface area contributed by atoms with Gasteiger partial charge in [-0.3, -0.25) is 4.90 Å². The summed E-state index contributed by atoms with van der Waals surface area (Å²) in [6.07, 6.45) is 3.03. The minimum Gasteiger partial charge on any atom is -0.392 e. The molecule has 1 aliphatic carbocycles. The second-order valence-electron chi connectivity index (χ2n) is 13.1. The number of nitrogens with zero attached hydrogens (tertiary/aromatic N) is 1. The summed E-state index contributed by atoms with van der Waals surface area (Å²) in [7, 11) is 0. The van der Waals surface area contributed by atoms with Gasteiger partial charge in [0.25, 0.3) is 0 Å². The van der Waals surface area contributed by atoms with Gasteiger partial charge in [-0.25, -0.2) is 4.79 Å². The number of amides is 2. The molecule has 3 fully saturated rings.